The molecule has 3 N–H and O–H groups in total. The Morgan fingerprint density at radius 2 is 2.13 bits per heavy atom. The Labute approximate surface area is 157 Å². The van der Waals surface area contributed by atoms with Crippen molar-refractivity contribution in [3.8, 4) is 0 Å². The minimum absolute atomic E-state index is 0. The minimum Gasteiger partial charge on any atom is -0.377 e. The lowest BCUT2D eigenvalue weighted by Crippen LogP contribution is -2.45. The van der Waals surface area contributed by atoms with Crippen LogP contribution in [0.2, 0.25) is 0 Å². The molecule has 9 heteroatoms. The van der Waals surface area contributed by atoms with Gasteiger partial charge in [-0.2, -0.15) is 0 Å². The third-order valence-electron chi connectivity index (χ3n) is 3.69. The summed E-state index contributed by atoms with van der Waals surface area (Å²) in [6.45, 7) is 5.53. The SMILES string of the molecule is CCC(C)NC(=NC)NCCS(=O)(=O)NCC1CCCCO1.I. The number of nitrogens with zero attached hydrogens (tertiary/aromatic N) is 1. The predicted molar refractivity (Wildman–Crippen MR) is 105 cm³/mol. The molecule has 1 aliphatic heterocycles. The van der Waals surface area contributed by atoms with E-state index in [9.17, 15) is 8.42 Å². The van der Waals surface area contributed by atoms with Crippen molar-refractivity contribution in [3.05, 3.63) is 0 Å². The summed E-state index contributed by atoms with van der Waals surface area (Å²) in [6, 6.07) is 0.296. The summed E-state index contributed by atoms with van der Waals surface area (Å²) in [5.41, 5.74) is 0. The van der Waals surface area contributed by atoms with Crippen LogP contribution in [-0.4, -0.2) is 59.0 Å². The summed E-state index contributed by atoms with van der Waals surface area (Å²) < 4.78 is 32.0. The zero-order valence-electron chi connectivity index (χ0n) is 14.3. The predicted octanol–water partition coefficient (Wildman–Crippen LogP) is 1.06. The molecule has 0 saturated carbocycles. The van der Waals surface area contributed by atoms with Crippen LogP contribution in [0.25, 0.3) is 0 Å². The highest BCUT2D eigenvalue weighted by Gasteiger charge is 2.17. The molecule has 1 saturated heterocycles. The van der Waals surface area contributed by atoms with E-state index in [0.29, 0.717) is 25.1 Å². The van der Waals surface area contributed by atoms with Crippen LogP contribution in [0.4, 0.5) is 0 Å². The molecule has 0 aromatic rings. The summed E-state index contributed by atoms with van der Waals surface area (Å²) in [6.07, 6.45) is 4.08. The maximum absolute atomic E-state index is 12.0. The summed E-state index contributed by atoms with van der Waals surface area (Å²) in [7, 11) is -1.62. The van der Waals surface area contributed by atoms with Gasteiger partial charge in [0.05, 0.1) is 11.9 Å². The lowest BCUT2D eigenvalue weighted by Gasteiger charge is -2.22. The highest BCUT2D eigenvalue weighted by atomic mass is 127. The number of ether oxygens (including phenoxy) is 1. The topological polar surface area (TPSA) is 91.8 Å². The van der Waals surface area contributed by atoms with Crippen LogP contribution in [-0.2, 0) is 14.8 Å². The number of rotatable bonds is 8. The van der Waals surface area contributed by atoms with E-state index in [0.717, 1.165) is 32.3 Å². The Bertz CT molecular complexity index is 439. The van der Waals surface area contributed by atoms with Crippen LogP contribution in [0, 0.1) is 0 Å². The molecule has 0 bridgehead atoms. The molecule has 0 spiro atoms. The number of hydrogen-bond donors (Lipinski definition) is 3. The van der Waals surface area contributed by atoms with E-state index in [1.807, 2.05) is 0 Å². The number of aliphatic imine (C=N–C) groups is 1. The number of hydrogen-bond acceptors (Lipinski definition) is 4. The normalized spacial score (nSPS) is 20.5. The lowest BCUT2D eigenvalue weighted by atomic mass is 10.1. The summed E-state index contributed by atoms with van der Waals surface area (Å²) in [5.74, 6) is 0.640. The van der Waals surface area contributed by atoms with Gasteiger partial charge in [-0.3, -0.25) is 4.99 Å². The zero-order valence-corrected chi connectivity index (χ0v) is 17.4. The molecular weight excluding hydrogens is 431 g/mol. The molecule has 1 rings (SSSR count). The largest absolute Gasteiger partial charge is 0.377 e. The summed E-state index contributed by atoms with van der Waals surface area (Å²) in [4.78, 5) is 4.07. The van der Waals surface area contributed by atoms with Gasteiger partial charge in [0.1, 0.15) is 0 Å². The van der Waals surface area contributed by atoms with Crippen molar-refractivity contribution in [1.29, 1.82) is 0 Å². The summed E-state index contributed by atoms with van der Waals surface area (Å²) >= 11 is 0. The monoisotopic (exact) mass is 462 g/mol. The second-order valence-corrected chi connectivity index (χ2v) is 7.53. The molecule has 7 nitrogen and oxygen atoms in total. The summed E-state index contributed by atoms with van der Waals surface area (Å²) in [5, 5.41) is 6.21. The van der Waals surface area contributed by atoms with Crippen LogP contribution in [0.3, 0.4) is 0 Å². The third-order valence-corrected chi connectivity index (χ3v) is 5.04. The number of guanidine groups is 1. The van der Waals surface area contributed by atoms with Crippen LogP contribution in [0.1, 0.15) is 39.5 Å². The number of nitrogens with one attached hydrogen (secondary N) is 3. The van der Waals surface area contributed by atoms with Gasteiger partial charge in [0.15, 0.2) is 5.96 Å². The first kappa shape index (κ1) is 22.9. The molecule has 1 aliphatic rings. The second-order valence-electron chi connectivity index (χ2n) is 5.61. The molecule has 1 heterocycles. The molecule has 2 atom stereocenters. The van der Waals surface area contributed by atoms with Crippen LogP contribution in [0.5, 0.6) is 0 Å². The first-order chi connectivity index (χ1) is 10.5. The molecule has 0 aromatic heterocycles. The lowest BCUT2D eigenvalue weighted by molar-refractivity contribution is 0.0200. The molecule has 2 unspecified atom stereocenters. The zero-order chi connectivity index (χ0) is 16.4. The van der Waals surface area contributed by atoms with E-state index < -0.39 is 10.0 Å². The molecule has 0 amide bonds. The first-order valence-corrected chi connectivity index (χ1v) is 9.68. The maximum Gasteiger partial charge on any atom is 0.213 e. The van der Waals surface area contributed by atoms with Gasteiger partial charge in [0.2, 0.25) is 10.0 Å². The number of sulfonamides is 1. The number of halogens is 1. The quantitative estimate of drug-likeness (QED) is 0.285. The molecule has 138 valence electrons. The van der Waals surface area contributed by atoms with Crippen molar-refractivity contribution in [2.24, 2.45) is 4.99 Å². The van der Waals surface area contributed by atoms with Gasteiger partial charge >= 0.3 is 0 Å². The highest BCUT2D eigenvalue weighted by Crippen LogP contribution is 2.11. The minimum atomic E-state index is -3.29. The Morgan fingerprint density at radius 3 is 2.70 bits per heavy atom. The van der Waals surface area contributed by atoms with Gasteiger partial charge in [-0.25, -0.2) is 13.1 Å². The van der Waals surface area contributed by atoms with Crippen LogP contribution >= 0.6 is 24.0 Å². The average molecular weight is 462 g/mol. The second kappa shape index (κ2) is 12.3. The molecule has 0 aliphatic carbocycles. The molecule has 23 heavy (non-hydrogen) atoms. The fourth-order valence-electron chi connectivity index (χ4n) is 2.09. The van der Waals surface area contributed by atoms with Gasteiger partial charge < -0.3 is 15.4 Å². The van der Waals surface area contributed by atoms with E-state index in [4.69, 9.17) is 4.74 Å². The average Bonchev–Trinajstić information content (AvgIpc) is 2.52. The Morgan fingerprint density at radius 1 is 1.39 bits per heavy atom. The molecule has 0 aromatic carbocycles. The Kier molecular flexibility index (Phi) is 12.2. The van der Waals surface area contributed by atoms with Gasteiger partial charge in [-0.15, -0.1) is 24.0 Å². The van der Waals surface area contributed by atoms with Gasteiger partial charge in [-0.05, 0) is 32.6 Å². The van der Waals surface area contributed by atoms with Crippen molar-refractivity contribution < 1.29 is 13.2 Å². The van der Waals surface area contributed by atoms with Crippen molar-refractivity contribution in [2.75, 3.05) is 32.5 Å². The van der Waals surface area contributed by atoms with Crippen LogP contribution < -0.4 is 15.4 Å². The van der Waals surface area contributed by atoms with Crippen molar-refractivity contribution in [3.63, 3.8) is 0 Å². The molecule has 1 fully saturated rings. The van der Waals surface area contributed by atoms with Crippen molar-refractivity contribution in [1.82, 2.24) is 15.4 Å². The smallest absolute Gasteiger partial charge is 0.213 e. The molecular formula is C14H31IN4O3S. The van der Waals surface area contributed by atoms with Crippen molar-refractivity contribution >= 4 is 40.0 Å². The fraction of sp³-hybridized carbons (Fsp3) is 0.929. The Hall–Kier alpha value is -0.130. The van der Waals surface area contributed by atoms with E-state index in [-0.39, 0.29) is 35.8 Å². The van der Waals surface area contributed by atoms with Crippen molar-refractivity contribution in [2.45, 2.75) is 51.7 Å². The maximum atomic E-state index is 12.0. The first-order valence-electron chi connectivity index (χ1n) is 8.03. The van der Waals surface area contributed by atoms with E-state index in [1.54, 1.807) is 7.05 Å². The Balaban J connectivity index is 0.00000484. The van der Waals surface area contributed by atoms with Gasteiger partial charge in [-0.1, -0.05) is 6.92 Å². The van der Waals surface area contributed by atoms with Gasteiger partial charge in [0, 0.05) is 32.8 Å². The van der Waals surface area contributed by atoms with Crippen LogP contribution in [0.15, 0.2) is 4.99 Å². The van der Waals surface area contributed by atoms with E-state index >= 15 is 0 Å². The van der Waals surface area contributed by atoms with Gasteiger partial charge in [0.25, 0.3) is 0 Å². The highest BCUT2D eigenvalue weighted by molar-refractivity contribution is 14.0. The standard InChI is InChI=1S/C14H30N4O3S.HI/c1-4-12(2)18-14(15-3)16-8-10-22(19,20)17-11-13-7-5-6-9-21-13;/h12-13,17H,4-11H2,1-3H3,(H2,15,16,18);1H. The fourth-order valence-corrected chi connectivity index (χ4v) is 3.05. The van der Waals surface area contributed by atoms with E-state index in [1.165, 1.54) is 0 Å². The molecule has 0 radical (unpaired) electrons. The van der Waals surface area contributed by atoms with E-state index in [2.05, 4.69) is 34.2 Å². The third kappa shape index (κ3) is 10.4.